The van der Waals surface area contributed by atoms with Gasteiger partial charge in [0.05, 0.1) is 11.4 Å². The molecular formula is C16H13FN4. The van der Waals surface area contributed by atoms with Gasteiger partial charge in [0.25, 0.3) is 0 Å². The van der Waals surface area contributed by atoms with Gasteiger partial charge in [-0.3, -0.25) is 0 Å². The Morgan fingerprint density at radius 3 is 2.67 bits per heavy atom. The molecule has 4 rings (SSSR count). The van der Waals surface area contributed by atoms with Crippen molar-refractivity contribution in [2.24, 2.45) is 0 Å². The molecule has 0 radical (unpaired) electrons. The molecule has 1 aliphatic rings. The van der Waals surface area contributed by atoms with Crippen molar-refractivity contribution in [1.82, 2.24) is 20.3 Å². The average Bonchev–Trinajstić information content (AvgIpc) is 2.84. The smallest absolute Gasteiger partial charge is 0.123 e. The van der Waals surface area contributed by atoms with Crippen LogP contribution in [-0.4, -0.2) is 15.0 Å². The van der Waals surface area contributed by atoms with E-state index in [0.717, 1.165) is 29.2 Å². The second-order valence-electron chi connectivity index (χ2n) is 5.04. The third-order valence-corrected chi connectivity index (χ3v) is 3.71. The van der Waals surface area contributed by atoms with E-state index >= 15 is 0 Å². The van der Waals surface area contributed by atoms with Crippen molar-refractivity contribution in [1.29, 1.82) is 0 Å². The molecule has 0 fully saturated rings. The monoisotopic (exact) mass is 280 g/mol. The maximum atomic E-state index is 13.1. The molecule has 1 N–H and O–H groups in total. The summed E-state index contributed by atoms with van der Waals surface area (Å²) in [6.45, 7) is 1.47. The summed E-state index contributed by atoms with van der Waals surface area (Å²) in [5.74, 6) is -0.250. The molecule has 0 amide bonds. The Morgan fingerprint density at radius 1 is 1.00 bits per heavy atom. The molecule has 3 aromatic rings. The first-order valence-corrected chi connectivity index (χ1v) is 6.82. The fourth-order valence-electron chi connectivity index (χ4n) is 2.67. The van der Waals surface area contributed by atoms with Crippen LogP contribution in [0.15, 0.2) is 48.5 Å². The molecule has 0 unspecified atom stereocenters. The third-order valence-electron chi connectivity index (χ3n) is 3.71. The molecule has 0 spiro atoms. The first-order chi connectivity index (χ1) is 10.3. The van der Waals surface area contributed by atoms with Crippen LogP contribution in [0.4, 0.5) is 4.39 Å². The molecule has 2 heterocycles. The van der Waals surface area contributed by atoms with E-state index in [2.05, 4.69) is 21.7 Å². The Bertz CT molecular complexity index is 792. The highest BCUT2D eigenvalue weighted by atomic mass is 19.1. The van der Waals surface area contributed by atoms with Crippen LogP contribution in [0.1, 0.15) is 11.3 Å². The van der Waals surface area contributed by atoms with Gasteiger partial charge in [0.15, 0.2) is 0 Å². The van der Waals surface area contributed by atoms with Crippen molar-refractivity contribution in [2.75, 3.05) is 0 Å². The summed E-state index contributed by atoms with van der Waals surface area (Å²) in [5.41, 5.74) is 4.88. The topological polar surface area (TPSA) is 42.7 Å². The minimum atomic E-state index is -0.250. The van der Waals surface area contributed by atoms with Crippen LogP contribution in [0.3, 0.4) is 0 Å². The first-order valence-electron chi connectivity index (χ1n) is 6.82. The molecule has 2 aromatic carbocycles. The minimum Gasteiger partial charge on any atom is -0.307 e. The number of hydrogen-bond acceptors (Lipinski definition) is 3. The summed E-state index contributed by atoms with van der Waals surface area (Å²) in [6.07, 6.45) is 0. The maximum absolute atomic E-state index is 13.1. The van der Waals surface area contributed by atoms with E-state index in [-0.39, 0.29) is 5.82 Å². The van der Waals surface area contributed by atoms with Crippen LogP contribution in [0.25, 0.3) is 16.9 Å². The van der Waals surface area contributed by atoms with Gasteiger partial charge in [-0.2, -0.15) is 0 Å². The fourth-order valence-corrected chi connectivity index (χ4v) is 2.67. The Labute approximate surface area is 121 Å². The van der Waals surface area contributed by atoms with Gasteiger partial charge in [-0.15, -0.1) is 5.10 Å². The van der Waals surface area contributed by atoms with Gasteiger partial charge in [0, 0.05) is 18.7 Å². The van der Waals surface area contributed by atoms with Gasteiger partial charge in [-0.1, -0.05) is 23.4 Å². The summed E-state index contributed by atoms with van der Waals surface area (Å²) in [5, 5.41) is 12.0. The summed E-state index contributed by atoms with van der Waals surface area (Å²) in [7, 11) is 0. The lowest BCUT2D eigenvalue weighted by atomic mass is 10.1. The lowest BCUT2D eigenvalue weighted by Gasteiger charge is -2.06. The highest BCUT2D eigenvalue weighted by molar-refractivity contribution is 5.62. The fraction of sp³-hybridized carbons (Fsp3) is 0.125. The van der Waals surface area contributed by atoms with Crippen LogP contribution in [0, 0.1) is 5.82 Å². The SMILES string of the molecule is Fc1ccc(-c2nnn3c2CNCc2ccccc2-3)cc1. The predicted octanol–water partition coefficient (Wildman–Crippen LogP) is 2.68. The number of halogens is 1. The van der Waals surface area contributed by atoms with Crippen molar-refractivity contribution in [3.05, 3.63) is 65.6 Å². The van der Waals surface area contributed by atoms with Gasteiger partial charge < -0.3 is 5.32 Å². The van der Waals surface area contributed by atoms with Crippen LogP contribution in [0.5, 0.6) is 0 Å². The Morgan fingerprint density at radius 2 is 1.81 bits per heavy atom. The molecule has 0 saturated heterocycles. The molecule has 0 saturated carbocycles. The Hall–Kier alpha value is -2.53. The second kappa shape index (κ2) is 4.79. The maximum Gasteiger partial charge on any atom is 0.123 e. The van der Waals surface area contributed by atoms with Crippen LogP contribution < -0.4 is 5.32 Å². The van der Waals surface area contributed by atoms with E-state index in [1.165, 1.54) is 17.7 Å². The van der Waals surface area contributed by atoms with E-state index in [1.807, 2.05) is 22.9 Å². The van der Waals surface area contributed by atoms with Crippen molar-refractivity contribution >= 4 is 0 Å². The van der Waals surface area contributed by atoms with Crippen LogP contribution in [0.2, 0.25) is 0 Å². The molecule has 0 atom stereocenters. The largest absolute Gasteiger partial charge is 0.307 e. The highest BCUT2D eigenvalue weighted by Crippen LogP contribution is 2.26. The standard InChI is InChI=1S/C16H13FN4/c17-13-7-5-11(6-8-13)16-15-10-18-9-12-3-1-2-4-14(12)21(15)20-19-16/h1-8,18H,9-10H2. The van der Waals surface area contributed by atoms with E-state index in [4.69, 9.17) is 0 Å². The van der Waals surface area contributed by atoms with Gasteiger partial charge >= 0.3 is 0 Å². The molecule has 21 heavy (non-hydrogen) atoms. The quantitative estimate of drug-likeness (QED) is 0.745. The highest BCUT2D eigenvalue weighted by Gasteiger charge is 2.20. The van der Waals surface area contributed by atoms with Gasteiger partial charge in [0.1, 0.15) is 11.5 Å². The first kappa shape index (κ1) is 12.2. The van der Waals surface area contributed by atoms with Crippen molar-refractivity contribution in [3.8, 4) is 16.9 Å². The zero-order chi connectivity index (χ0) is 14.2. The number of nitrogens with zero attached hydrogens (tertiary/aromatic N) is 3. The predicted molar refractivity (Wildman–Crippen MR) is 77.3 cm³/mol. The van der Waals surface area contributed by atoms with Crippen molar-refractivity contribution in [3.63, 3.8) is 0 Å². The third kappa shape index (κ3) is 2.02. The summed E-state index contributed by atoms with van der Waals surface area (Å²) < 4.78 is 14.9. The Balaban J connectivity index is 1.88. The number of nitrogens with one attached hydrogen (secondary N) is 1. The number of fused-ring (bicyclic) bond motifs is 3. The zero-order valence-electron chi connectivity index (χ0n) is 11.3. The van der Waals surface area contributed by atoms with Crippen LogP contribution in [-0.2, 0) is 13.1 Å². The zero-order valence-corrected chi connectivity index (χ0v) is 11.3. The number of rotatable bonds is 1. The number of benzene rings is 2. The lowest BCUT2D eigenvalue weighted by Crippen LogP contribution is -2.11. The van der Waals surface area contributed by atoms with E-state index in [1.54, 1.807) is 12.1 Å². The number of para-hydroxylation sites is 1. The molecule has 0 bridgehead atoms. The van der Waals surface area contributed by atoms with Gasteiger partial charge in [-0.25, -0.2) is 9.07 Å². The van der Waals surface area contributed by atoms with E-state index < -0.39 is 0 Å². The molecule has 104 valence electrons. The average molecular weight is 280 g/mol. The molecule has 0 aliphatic carbocycles. The van der Waals surface area contributed by atoms with Crippen molar-refractivity contribution < 1.29 is 4.39 Å². The van der Waals surface area contributed by atoms with Crippen molar-refractivity contribution in [2.45, 2.75) is 13.1 Å². The summed E-state index contributed by atoms with van der Waals surface area (Å²) in [6, 6.07) is 14.5. The molecule has 5 heteroatoms. The minimum absolute atomic E-state index is 0.250. The van der Waals surface area contributed by atoms with E-state index in [9.17, 15) is 4.39 Å². The number of aromatic nitrogens is 3. The Kier molecular flexibility index (Phi) is 2.79. The molecule has 4 nitrogen and oxygen atoms in total. The molecule has 1 aliphatic heterocycles. The lowest BCUT2D eigenvalue weighted by molar-refractivity contribution is 0.628. The molecule has 1 aromatic heterocycles. The van der Waals surface area contributed by atoms with Gasteiger partial charge in [-0.05, 0) is 35.9 Å². The summed E-state index contributed by atoms with van der Waals surface area (Å²) >= 11 is 0. The number of hydrogen-bond donors (Lipinski definition) is 1. The molecular weight excluding hydrogens is 267 g/mol. The second-order valence-corrected chi connectivity index (χ2v) is 5.04. The van der Waals surface area contributed by atoms with E-state index in [0.29, 0.717) is 6.54 Å². The van der Waals surface area contributed by atoms with Crippen LogP contribution >= 0.6 is 0 Å². The normalized spacial score (nSPS) is 13.4. The van der Waals surface area contributed by atoms with Gasteiger partial charge in [0.2, 0.25) is 0 Å². The summed E-state index contributed by atoms with van der Waals surface area (Å²) in [4.78, 5) is 0.